The molecule has 0 fully saturated rings. The van der Waals surface area contributed by atoms with Gasteiger partial charge in [0.05, 0.1) is 106 Å². The molecule has 18 nitrogen and oxygen atoms in total. The molecule has 0 aromatic carbocycles. The number of hydrogen-bond donors (Lipinski definition) is 1. The summed E-state index contributed by atoms with van der Waals surface area (Å²) in [4.78, 5) is 0. The highest BCUT2D eigenvalue weighted by Gasteiger charge is 3.01. The van der Waals surface area contributed by atoms with Gasteiger partial charge in [0, 0.05) is 0 Å². The van der Waals surface area contributed by atoms with Crippen LogP contribution in [0.15, 0.2) is 218 Å². The molecule has 0 spiro atoms. The molecule has 328 valence electrons. The number of hydrogen-bond acceptors (Lipinski definition) is 18. The molecule has 0 saturated heterocycles. The summed E-state index contributed by atoms with van der Waals surface area (Å²) in [7, 11) is 0. The Balaban J connectivity index is 11.1. The lowest BCUT2D eigenvalue weighted by Crippen LogP contribution is -2.91. The van der Waals surface area contributed by atoms with Crippen LogP contribution in [-0.4, -0.2) is 51.8 Å². The summed E-state index contributed by atoms with van der Waals surface area (Å²) in [6.45, 7) is 61.6. The van der Waals surface area contributed by atoms with Crippen molar-refractivity contribution in [3.05, 3.63) is 218 Å². The molecular weight excluding hydrogens is 792 g/mol. The molecule has 18 heteroatoms. The standard InChI is InChI=1S/C42H52O18/c1-18-44-35(45-19-2,37(48-22-5,49-23-6)39(52-26-9,53-27-10)41(43,56-30-13)57-31-14)36(46-20-3,47-21-4)38(50-24-7,51-25-8)40(54-28-11,55-29-12)42(58-32-15,59-33-16)60-34-17/h18-34,43H,1-17H2. The molecular formula is C42H52O18. The van der Waals surface area contributed by atoms with Crippen molar-refractivity contribution in [1.82, 2.24) is 0 Å². The van der Waals surface area contributed by atoms with Gasteiger partial charge in [-0.25, -0.2) is 0 Å². The fourth-order valence-electron chi connectivity index (χ4n) is 5.75. The van der Waals surface area contributed by atoms with Gasteiger partial charge >= 0.3 is 46.7 Å². The molecule has 0 heterocycles. The Hall–Kier alpha value is -7.86. The fourth-order valence-corrected chi connectivity index (χ4v) is 5.75. The monoisotopic (exact) mass is 844 g/mol. The number of rotatable bonds is 41. The largest absolute Gasteiger partial charge is 0.508 e. The van der Waals surface area contributed by atoms with Crippen molar-refractivity contribution in [2.75, 3.05) is 0 Å². The third kappa shape index (κ3) is 7.98. The van der Waals surface area contributed by atoms with Crippen molar-refractivity contribution in [2.45, 2.75) is 46.7 Å². The maximum absolute atomic E-state index is 12.6. The van der Waals surface area contributed by atoms with Crippen LogP contribution < -0.4 is 0 Å². The van der Waals surface area contributed by atoms with Crippen molar-refractivity contribution >= 4 is 0 Å². The van der Waals surface area contributed by atoms with Gasteiger partial charge in [-0.1, -0.05) is 112 Å². The second kappa shape index (κ2) is 23.4. The van der Waals surface area contributed by atoms with Crippen LogP contribution in [-0.2, 0) is 80.5 Å². The van der Waals surface area contributed by atoms with Crippen LogP contribution >= 0.6 is 0 Å². The zero-order chi connectivity index (χ0) is 46.0. The van der Waals surface area contributed by atoms with E-state index in [1.165, 1.54) is 0 Å². The van der Waals surface area contributed by atoms with E-state index in [-0.39, 0.29) is 0 Å². The number of ether oxygens (including phenoxy) is 17. The van der Waals surface area contributed by atoms with E-state index >= 15 is 0 Å². The van der Waals surface area contributed by atoms with Crippen molar-refractivity contribution in [2.24, 2.45) is 0 Å². The summed E-state index contributed by atoms with van der Waals surface area (Å²) in [6, 6.07) is 0. The maximum Gasteiger partial charge on any atom is 0.508 e. The van der Waals surface area contributed by atoms with Crippen molar-refractivity contribution in [1.29, 1.82) is 0 Å². The zero-order valence-corrected chi connectivity index (χ0v) is 33.2. The molecule has 0 atom stereocenters. The average molecular weight is 845 g/mol. The molecule has 0 aliphatic heterocycles. The Bertz CT molecular complexity index is 1500. The third-order valence-electron chi connectivity index (χ3n) is 7.18. The average Bonchev–Trinajstić information content (AvgIpc) is 3.20. The van der Waals surface area contributed by atoms with Crippen LogP contribution in [0.1, 0.15) is 0 Å². The molecule has 0 amide bonds. The van der Waals surface area contributed by atoms with Crippen LogP contribution in [0.2, 0.25) is 0 Å². The van der Waals surface area contributed by atoms with E-state index in [9.17, 15) is 5.11 Å². The Kier molecular flexibility index (Phi) is 20.3. The first-order valence-corrected chi connectivity index (χ1v) is 16.4. The lowest BCUT2D eigenvalue weighted by atomic mass is 9.77. The minimum atomic E-state index is -3.70. The summed E-state index contributed by atoms with van der Waals surface area (Å²) >= 11 is 0. The van der Waals surface area contributed by atoms with Gasteiger partial charge in [-0.2, -0.15) is 0 Å². The smallest absolute Gasteiger partial charge is 0.448 e. The van der Waals surface area contributed by atoms with Crippen LogP contribution in [0, 0.1) is 0 Å². The van der Waals surface area contributed by atoms with Crippen LogP contribution in [0.25, 0.3) is 0 Å². The molecule has 60 heavy (non-hydrogen) atoms. The van der Waals surface area contributed by atoms with Crippen molar-refractivity contribution < 1.29 is 85.6 Å². The molecule has 1 N–H and O–H groups in total. The molecule has 0 rings (SSSR count). The summed E-state index contributed by atoms with van der Waals surface area (Å²) in [5.74, 6) is -28.2. The first-order valence-electron chi connectivity index (χ1n) is 16.4. The molecule has 0 saturated carbocycles. The topological polar surface area (TPSA) is 177 Å². The molecule has 0 bridgehead atoms. The normalized spacial score (nSPS) is 11.6. The molecule has 0 aromatic heterocycles. The van der Waals surface area contributed by atoms with E-state index in [1.807, 2.05) is 0 Å². The fraction of sp³-hybridized carbons (Fsp3) is 0.190. The van der Waals surface area contributed by atoms with Gasteiger partial charge in [0.15, 0.2) is 0 Å². The zero-order valence-electron chi connectivity index (χ0n) is 33.2. The first kappa shape index (κ1) is 52.1. The Morgan fingerprint density at radius 2 is 0.350 bits per heavy atom. The predicted molar refractivity (Wildman–Crippen MR) is 216 cm³/mol. The minimum absolute atomic E-state index is 0.643. The van der Waals surface area contributed by atoms with E-state index in [1.54, 1.807) is 0 Å². The minimum Gasteiger partial charge on any atom is -0.448 e. The molecule has 0 radical (unpaired) electrons. The maximum atomic E-state index is 12.6. The highest BCUT2D eigenvalue weighted by Crippen LogP contribution is 2.63. The van der Waals surface area contributed by atoms with Crippen LogP contribution in [0.5, 0.6) is 0 Å². The van der Waals surface area contributed by atoms with Gasteiger partial charge < -0.3 is 85.6 Å². The summed E-state index contributed by atoms with van der Waals surface area (Å²) in [5, 5.41) is 12.6. The number of aliphatic hydroxyl groups is 1. The van der Waals surface area contributed by atoms with E-state index in [0.717, 1.165) is 18.8 Å². The van der Waals surface area contributed by atoms with Crippen LogP contribution in [0.3, 0.4) is 0 Å². The van der Waals surface area contributed by atoms with Gasteiger partial charge in [0.25, 0.3) is 0 Å². The highest BCUT2D eigenvalue weighted by molar-refractivity contribution is 5.24. The Morgan fingerprint density at radius 1 is 0.200 bits per heavy atom. The van der Waals surface area contributed by atoms with Crippen molar-refractivity contribution in [3.63, 3.8) is 0 Å². The molecule has 0 unspecified atom stereocenters. The summed E-state index contributed by atoms with van der Waals surface area (Å²) in [5.41, 5.74) is 0. The van der Waals surface area contributed by atoms with Gasteiger partial charge in [0.1, 0.15) is 0 Å². The molecule has 0 aromatic rings. The highest BCUT2D eigenvalue weighted by atomic mass is 16.9. The lowest BCUT2D eigenvalue weighted by molar-refractivity contribution is -0.601. The SMILES string of the molecule is C=COC(O)(OC=C)C(OC=C)(OC=C)C(OC=C)(OC=C)C(OC=C)(OC=C)C(OC=C)(OC=C)C(OC=C)(OC=C)C(OC=C)(OC=C)C(OC=C)(OC=C)OC=C. The molecule has 0 aliphatic carbocycles. The summed E-state index contributed by atoms with van der Waals surface area (Å²) in [6.07, 6.45) is 11.5. The van der Waals surface area contributed by atoms with Gasteiger partial charge in [-0.3, -0.25) is 0 Å². The predicted octanol–water partition coefficient (Wildman–Crippen LogP) is 8.19. The molecule has 0 aliphatic rings. The third-order valence-corrected chi connectivity index (χ3v) is 7.18. The van der Waals surface area contributed by atoms with E-state index in [0.29, 0.717) is 87.7 Å². The summed E-state index contributed by atoms with van der Waals surface area (Å²) < 4.78 is 103. The van der Waals surface area contributed by atoms with Gasteiger partial charge in [-0.15, -0.1) is 0 Å². The van der Waals surface area contributed by atoms with Crippen LogP contribution in [0.4, 0.5) is 0 Å². The Morgan fingerprint density at radius 3 is 0.550 bits per heavy atom. The van der Waals surface area contributed by atoms with E-state index in [4.69, 9.17) is 80.5 Å². The van der Waals surface area contributed by atoms with Gasteiger partial charge in [-0.05, 0) is 0 Å². The second-order valence-electron chi connectivity index (χ2n) is 9.67. The lowest BCUT2D eigenvalue weighted by Gasteiger charge is -2.61. The van der Waals surface area contributed by atoms with Crippen molar-refractivity contribution in [3.8, 4) is 0 Å². The van der Waals surface area contributed by atoms with E-state index in [2.05, 4.69) is 112 Å². The van der Waals surface area contributed by atoms with E-state index < -0.39 is 46.7 Å². The quantitative estimate of drug-likeness (QED) is 0.0460. The second-order valence-corrected chi connectivity index (χ2v) is 9.67. The first-order chi connectivity index (χ1) is 28.8. The Labute approximate surface area is 350 Å². The van der Waals surface area contributed by atoms with Gasteiger partial charge in [0.2, 0.25) is 0 Å².